The third kappa shape index (κ3) is 5.61. The molecule has 4 nitrogen and oxygen atoms in total. The van der Waals surface area contributed by atoms with Gasteiger partial charge in [-0.05, 0) is 105 Å². The second kappa shape index (κ2) is 13.4. The largest absolute Gasteiger partial charge is 0.311 e. The van der Waals surface area contributed by atoms with Gasteiger partial charge >= 0.3 is 0 Å². The average molecular weight is 723 g/mol. The lowest BCUT2D eigenvalue weighted by molar-refractivity contribution is 0.590. The van der Waals surface area contributed by atoms with Crippen molar-refractivity contribution >= 4 is 46.1 Å². The zero-order valence-corrected chi connectivity index (χ0v) is 32.3. The Labute approximate surface area is 330 Å². The summed E-state index contributed by atoms with van der Waals surface area (Å²) in [5, 5.41) is 0. The smallest absolute Gasteiger partial charge is 0.251 e. The van der Waals surface area contributed by atoms with E-state index in [1.54, 1.807) is 0 Å². The summed E-state index contributed by atoms with van der Waals surface area (Å²) in [5.41, 5.74) is 18.8. The van der Waals surface area contributed by atoms with Crippen molar-refractivity contribution in [1.29, 1.82) is 0 Å². The van der Waals surface area contributed by atoms with E-state index in [2.05, 4.69) is 189 Å². The van der Waals surface area contributed by atoms with Crippen molar-refractivity contribution in [3.8, 4) is 33.6 Å². The summed E-state index contributed by atoms with van der Waals surface area (Å²) in [5.74, 6) is 0.398. The molecule has 0 saturated heterocycles. The third-order valence-electron chi connectivity index (χ3n) is 11.6. The first kappa shape index (κ1) is 34.1. The van der Waals surface area contributed by atoms with Crippen LogP contribution < -0.4 is 20.7 Å². The summed E-state index contributed by atoms with van der Waals surface area (Å²) in [6.07, 6.45) is 9.87. The van der Waals surface area contributed by atoms with Crippen LogP contribution in [-0.4, -0.2) is 16.7 Å². The molecule has 0 spiro atoms. The van der Waals surface area contributed by atoms with E-state index >= 15 is 0 Å². The molecule has 5 heteroatoms. The van der Waals surface area contributed by atoms with E-state index in [0.29, 0.717) is 5.92 Å². The number of hydrogen-bond acceptors (Lipinski definition) is 4. The first-order valence-corrected chi connectivity index (χ1v) is 19.8. The molecule has 7 aromatic rings. The molecular weight excluding hydrogens is 679 g/mol. The zero-order chi connectivity index (χ0) is 38.0. The number of para-hydroxylation sites is 3. The van der Waals surface area contributed by atoms with Crippen LogP contribution in [0.5, 0.6) is 0 Å². The Bertz CT molecular complexity index is 2690. The summed E-state index contributed by atoms with van der Waals surface area (Å²) in [4.78, 5) is 15.0. The van der Waals surface area contributed by atoms with Gasteiger partial charge in [0.2, 0.25) is 0 Å². The fourth-order valence-electron chi connectivity index (χ4n) is 8.92. The highest BCUT2D eigenvalue weighted by Crippen LogP contribution is 2.51. The van der Waals surface area contributed by atoms with Gasteiger partial charge in [-0.25, -0.2) is 0 Å². The highest BCUT2D eigenvalue weighted by Gasteiger charge is 2.46. The molecule has 0 N–H and O–H groups in total. The summed E-state index contributed by atoms with van der Waals surface area (Å²) < 4.78 is 0. The summed E-state index contributed by atoms with van der Waals surface area (Å²) in [6.45, 7) is 9.40. The van der Waals surface area contributed by atoms with Gasteiger partial charge in [-0.15, -0.1) is 0 Å². The quantitative estimate of drug-likeness (QED) is 0.166. The highest BCUT2D eigenvalue weighted by molar-refractivity contribution is 6.96. The number of nitrogens with zero attached hydrogens (tertiary/aromatic N) is 4. The van der Waals surface area contributed by atoms with E-state index in [0.717, 1.165) is 45.9 Å². The Balaban J connectivity index is 1.27. The number of benzene rings is 5. The maximum atomic E-state index is 5.03. The molecule has 3 aliphatic rings. The first-order valence-electron chi connectivity index (χ1n) is 19.8. The Hall–Kier alpha value is -6.46. The molecule has 5 aromatic carbocycles. The number of hydrogen-bond donors (Lipinski definition) is 0. The van der Waals surface area contributed by atoms with E-state index in [-0.39, 0.29) is 12.1 Å². The molecule has 0 radical (unpaired) electrons. The topological polar surface area (TPSA) is 32.3 Å². The average Bonchev–Trinajstić information content (AvgIpc) is 3.24. The van der Waals surface area contributed by atoms with Crippen LogP contribution in [0.25, 0.3) is 33.6 Å². The molecule has 270 valence electrons. The Morgan fingerprint density at radius 2 is 1.20 bits per heavy atom. The van der Waals surface area contributed by atoms with Crippen LogP contribution in [0.3, 0.4) is 0 Å². The summed E-state index contributed by atoms with van der Waals surface area (Å²) >= 11 is 0. The first-order chi connectivity index (χ1) is 27.3. The Kier molecular flexibility index (Phi) is 8.14. The van der Waals surface area contributed by atoms with Crippen molar-refractivity contribution in [1.82, 2.24) is 9.97 Å². The van der Waals surface area contributed by atoms with Gasteiger partial charge < -0.3 is 9.80 Å². The fraction of sp³-hybridized carbons (Fsp3) is 0.137. The molecule has 10 rings (SSSR count). The van der Waals surface area contributed by atoms with Gasteiger partial charge in [-0.3, -0.25) is 9.97 Å². The number of fused-ring (bicyclic) bond motifs is 4. The minimum absolute atomic E-state index is 0.0742. The predicted octanol–water partition coefficient (Wildman–Crippen LogP) is 11.7. The second-order valence-electron chi connectivity index (χ2n) is 16.3. The van der Waals surface area contributed by atoms with Crippen molar-refractivity contribution in [3.05, 3.63) is 187 Å². The van der Waals surface area contributed by atoms with Crippen molar-refractivity contribution < 1.29 is 0 Å². The lowest BCUT2D eigenvalue weighted by Crippen LogP contribution is -2.57. The minimum atomic E-state index is -0.120. The maximum absolute atomic E-state index is 5.03. The van der Waals surface area contributed by atoms with Crippen LogP contribution >= 0.6 is 0 Å². The minimum Gasteiger partial charge on any atom is -0.311 e. The van der Waals surface area contributed by atoms with Crippen LogP contribution in [0.1, 0.15) is 39.7 Å². The molecule has 1 aliphatic carbocycles. The number of anilines is 5. The SMILES string of the molecule is CC1C=C2C(=CC1)B1c3ccccc3N(c3ccccc3-c3ccccn3)c3cc(C(C)(C)C)cc(c31)N2c1ccccc1-c1cc(-c2ccccc2)ccn1. The summed E-state index contributed by atoms with van der Waals surface area (Å²) in [6, 6.07) is 52.7. The van der Waals surface area contributed by atoms with E-state index < -0.39 is 0 Å². The van der Waals surface area contributed by atoms with E-state index in [4.69, 9.17) is 9.97 Å². The number of aromatic nitrogens is 2. The molecule has 1 atom stereocenters. The molecule has 0 fully saturated rings. The monoisotopic (exact) mass is 722 g/mol. The van der Waals surface area contributed by atoms with Gasteiger partial charge in [-0.1, -0.05) is 131 Å². The molecule has 0 amide bonds. The standard InChI is InChI=1S/C51H43BN4/c1-34-25-26-41-47(30-34)56(45-23-12-9-19-39(45)43-31-36(27-29-54-43)35-16-6-5-7-17-35)49-33-37(51(2,3)4)32-48-50(49)52(41)40-20-10-13-24-46(40)55(48)44-22-11-8-18-38(44)42-21-14-15-28-53-42/h5-24,26-34H,25H2,1-4H3. The second-order valence-corrected chi connectivity index (χ2v) is 16.3. The fourth-order valence-corrected chi connectivity index (χ4v) is 8.92. The van der Waals surface area contributed by atoms with Crippen LogP contribution in [0, 0.1) is 5.92 Å². The molecule has 0 saturated carbocycles. The van der Waals surface area contributed by atoms with E-state index in [1.807, 2.05) is 18.5 Å². The molecule has 2 aliphatic heterocycles. The molecule has 2 aromatic heterocycles. The lowest BCUT2D eigenvalue weighted by atomic mass is 9.32. The third-order valence-corrected chi connectivity index (χ3v) is 11.6. The predicted molar refractivity (Wildman–Crippen MR) is 235 cm³/mol. The van der Waals surface area contributed by atoms with Crippen LogP contribution in [0.2, 0.25) is 0 Å². The normalized spacial score (nSPS) is 15.7. The van der Waals surface area contributed by atoms with Crippen LogP contribution in [0.4, 0.5) is 28.4 Å². The highest BCUT2D eigenvalue weighted by atomic mass is 15.2. The van der Waals surface area contributed by atoms with Crippen LogP contribution in [-0.2, 0) is 5.41 Å². The van der Waals surface area contributed by atoms with Crippen molar-refractivity contribution in [2.75, 3.05) is 9.80 Å². The van der Waals surface area contributed by atoms with Crippen molar-refractivity contribution in [3.63, 3.8) is 0 Å². The van der Waals surface area contributed by atoms with Gasteiger partial charge in [0.05, 0.1) is 22.8 Å². The number of pyridine rings is 2. The van der Waals surface area contributed by atoms with Gasteiger partial charge in [0.1, 0.15) is 0 Å². The van der Waals surface area contributed by atoms with Gasteiger partial charge in [0.25, 0.3) is 6.71 Å². The lowest BCUT2D eigenvalue weighted by Gasteiger charge is -2.47. The molecular formula is C51H43BN4. The maximum Gasteiger partial charge on any atom is 0.251 e. The molecule has 56 heavy (non-hydrogen) atoms. The number of rotatable bonds is 5. The molecule has 1 unspecified atom stereocenters. The van der Waals surface area contributed by atoms with Gasteiger partial charge in [-0.2, -0.15) is 0 Å². The van der Waals surface area contributed by atoms with Crippen molar-refractivity contribution in [2.45, 2.75) is 39.5 Å². The van der Waals surface area contributed by atoms with Gasteiger partial charge in [0.15, 0.2) is 0 Å². The van der Waals surface area contributed by atoms with Crippen LogP contribution in [0.15, 0.2) is 181 Å². The molecule has 4 heterocycles. The number of allylic oxidation sites excluding steroid dienone is 3. The Morgan fingerprint density at radius 1 is 0.571 bits per heavy atom. The van der Waals surface area contributed by atoms with E-state index in [9.17, 15) is 0 Å². The summed E-state index contributed by atoms with van der Waals surface area (Å²) in [7, 11) is 0. The Morgan fingerprint density at radius 3 is 1.93 bits per heavy atom. The van der Waals surface area contributed by atoms with Crippen molar-refractivity contribution in [2.24, 2.45) is 5.92 Å². The zero-order valence-electron chi connectivity index (χ0n) is 32.3. The van der Waals surface area contributed by atoms with Gasteiger partial charge in [0, 0.05) is 46.3 Å². The molecule has 0 bridgehead atoms. The van der Waals surface area contributed by atoms with E-state index in [1.165, 1.54) is 50.3 Å².